The van der Waals surface area contributed by atoms with Gasteiger partial charge in [0.25, 0.3) is 0 Å². The summed E-state index contributed by atoms with van der Waals surface area (Å²) in [5.41, 5.74) is 0. The topological polar surface area (TPSA) is 36.3 Å². The summed E-state index contributed by atoms with van der Waals surface area (Å²) in [6.07, 6.45) is 2.84. The van der Waals surface area contributed by atoms with Crippen LogP contribution in [0.25, 0.3) is 0 Å². The Morgan fingerprint density at radius 1 is 1.46 bits per heavy atom. The molecule has 1 heterocycles. The van der Waals surface area contributed by atoms with Crippen LogP contribution in [0.4, 0.5) is 0 Å². The van der Waals surface area contributed by atoms with Gasteiger partial charge in [0.2, 0.25) is 0 Å². The first kappa shape index (κ1) is 10.5. The van der Waals surface area contributed by atoms with Crippen LogP contribution in [-0.4, -0.2) is 38.3 Å². The molecule has 1 aliphatic heterocycles. The van der Waals surface area contributed by atoms with Crippen LogP contribution in [0.2, 0.25) is 0 Å². The average Bonchev–Trinajstić information content (AvgIpc) is 2.15. The molecule has 3 nitrogen and oxygen atoms in total. The molecular weight excluding hydrogens is 164 g/mol. The second-order valence-electron chi connectivity index (χ2n) is 3.84. The van der Waals surface area contributed by atoms with Crippen molar-refractivity contribution in [3.05, 3.63) is 0 Å². The smallest absolute Gasteiger partial charge is 0.0638 e. The van der Waals surface area contributed by atoms with Crippen LogP contribution in [0.15, 0.2) is 0 Å². The molecule has 0 aromatic rings. The van der Waals surface area contributed by atoms with Gasteiger partial charge in [0, 0.05) is 19.3 Å². The van der Waals surface area contributed by atoms with Crippen molar-refractivity contribution in [3.63, 3.8) is 0 Å². The predicted octanol–water partition coefficient (Wildman–Crippen LogP) is 1.26. The lowest BCUT2D eigenvalue weighted by Gasteiger charge is -2.33. The largest absolute Gasteiger partial charge is 0.381 e. The second kappa shape index (κ2) is 5.21. The van der Waals surface area contributed by atoms with Crippen LogP contribution in [0.5, 0.6) is 0 Å². The van der Waals surface area contributed by atoms with Gasteiger partial charge in [-0.15, -0.1) is 0 Å². The molecule has 74 valence electrons. The number of hydrogen-bond donors (Lipinski definition) is 0. The molecule has 0 saturated carbocycles. The molecule has 1 atom stereocenters. The highest BCUT2D eigenvalue weighted by molar-refractivity contribution is 4.86. The zero-order valence-corrected chi connectivity index (χ0v) is 8.49. The van der Waals surface area contributed by atoms with E-state index in [0.717, 1.165) is 26.1 Å². The van der Waals surface area contributed by atoms with Gasteiger partial charge >= 0.3 is 0 Å². The minimum absolute atomic E-state index is 0.411. The van der Waals surface area contributed by atoms with Gasteiger partial charge in [-0.1, -0.05) is 0 Å². The Labute approximate surface area is 80.3 Å². The Morgan fingerprint density at radius 3 is 2.54 bits per heavy atom. The second-order valence-corrected chi connectivity index (χ2v) is 3.84. The fourth-order valence-corrected chi connectivity index (χ4v) is 1.96. The van der Waals surface area contributed by atoms with Crippen LogP contribution in [0.3, 0.4) is 0 Å². The van der Waals surface area contributed by atoms with Crippen molar-refractivity contribution in [2.24, 2.45) is 5.92 Å². The molecule has 0 aliphatic carbocycles. The van der Waals surface area contributed by atoms with Gasteiger partial charge in [0.15, 0.2) is 0 Å². The summed E-state index contributed by atoms with van der Waals surface area (Å²) in [6, 6.07) is 2.67. The summed E-state index contributed by atoms with van der Waals surface area (Å²) in [5.74, 6) is 0.642. The molecule has 1 unspecified atom stereocenters. The number of hydrogen-bond acceptors (Lipinski definition) is 3. The maximum absolute atomic E-state index is 8.71. The Morgan fingerprint density at radius 2 is 2.08 bits per heavy atom. The van der Waals surface area contributed by atoms with E-state index in [0.29, 0.717) is 18.4 Å². The molecule has 0 amide bonds. The van der Waals surface area contributed by atoms with E-state index in [-0.39, 0.29) is 0 Å². The van der Waals surface area contributed by atoms with Gasteiger partial charge in [-0.3, -0.25) is 0 Å². The third kappa shape index (κ3) is 2.98. The van der Waals surface area contributed by atoms with Gasteiger partial charge in [-0.05, 0) is 32.9 Å². The Balaban J connectivity index is 2.47. The normalized spacial score (nSPS) is 21.4. The molecule has 0 N–H and O–H groups in total. The summed E-state index contributed by atoms with van der Waals surface area (Å²) < 4.78 is 5.31. The van der Waals surface area contributed by atoms with Gasteiger partial charge < -0.3 is 9.64 Å². The minimum Gasteiger partial charge on any atom is -0.381 e. The first-order valence-corrected chi connectivity index (χ1v) is 4.87. The van der Waals surface area contributed by atoms with Crippen molar-refractivity contribution in [1.29, 1.82) is 5.26 Å². The van der Waals surface area contributed by atoms with Crippen molar-refractivity contribution < 1.29 is 4.74 Å². The lowest BCUT2D eigenvalue weighted by atomic mass is 9.89. The molecule has 1 saturated heterocycles. The quantitative estimate of drug-likeness (QED) is 0.659. The van der Waals surface area contributed by atoms with E-state index in [2.05, 4.69) is 25.1 Å². The molecule has 0 radical (unpaired) electrons. The van der Waals surface area contributed by atoms with Gasteiger partial charge in [0.05, 0.1) is 12.5 Å². The number of nitrogens with zero attached hydrogens (tertiary/aromatic N) is 2. The molecule has 1 aliphatic rings. The van der Waals surface area contributed by atoms with Crippen molar-refractivity contribution in [2.75, 3.05) is 27.3 Å². The fraction of sp³-hybridized carbons (Fsp3) is 0.900. The fourth-order valence-electron chi connectivity index (χ4n) is 1.96. The molecule has 1 rings (SSSR count). The van der Waals surface area contributed by atoms with E-state index in [1.165, 1.54) is 0 Å². The standard InChI is InChI=1S/C10H18N2O/c1-12(2)10(3-6-11)9-4-7-13-8-5-9/h9-10H,3-5,7-8H2,1-2H3. The first-order chi connectivity index (χ1) is 6.25. The van der Waals surface area contributed by atoms with Crippen molar-refractivity contribution in [3.8, 4) is 6.07 Å². The highest BCUT2D eigenvalue weighted by Crippen LogP contribution is 2.23. The van der Waals surface area contributed by atoms with E-state index in [1.54, 1.807) is 0 Å². The summed E-state index contributed by atoms with van der Waals surface area (Å²) >= 11 is 0. The molecule has 0 aromatic carbocycles. The van der Waals surface area contributed by atoms with E-state index in [1.807, 2.05) is 0 Å². The molecule has 1 fully saturated rings. The van der Waals surface area contributed by atoms with Crippen molar-refractivity contribution >= 4 is 0 Å². The molecule has 0 aromatic heterocycles. The van der Waals surface area contributed by atoms with Crippen LogP contribution in [0.1, 0.15) is 19.3 Å². The zero-order valence-electron chi connectivity index (χ0n) is 8.49. The third-order valence-electron chi connectivity index (χ3n) is 2.77. The lowest BCUT2D eigenvalue weighted by molar-refractivity contribution is 0.0377. The number of ether oxygens (including phenoxy) is 1. The van der Waals surface area contributed by atoms with E-state index < -0.39 is 0 Å². The van der Waals surface area contributed by atoms with Gasteiger partial charge in [-0.25, -0.2) is 0 Å². The van der Waals surface area contributed by atoms with Crippen molar-refractivity contribution in [2.45, 2.75) is 25.3 Å². The Bertz CT molecular complexity index is 180. The SMILES string of the molecule is CN(C)C(CC#N)C1CCOCC1. The van der Waals surface area contributed by atoms with Gasteiger partial charge in [-0.2, -0.15) is 5.26 Å². The third-order valence-corrected chi connectivity index (χ3v) is 2.77. The molecular formula is C10H18N2O. The lowest BCUT2D eigenvalue weighted by Crippen LogP contribution is -2.37. The van der Waals surface area contributed by atoms with Crippen LogP contribution < -0.4 is 0 Å². The molecule has 0 spiro atoms. The monoisotopic (exact) mass is 182 g/mol. The maximum atomic E-state index is 8.71. The maximum Gasteiger partial charge on any atom is 0.0638 e. The van der Waals surface area contributed by atoms with E-state index >= 15 is 0 Å². The van der Waals surface area contributed by atoms with Crippen LogP contribution in [-0.2, 0) is 4.74 Å². The molecule has 3 heteroatoms. The van der Waals surface area contributed by atoms with E-state index in [9.17, 15) is 0 Å². The van der Waals surface area contributed by atoms with Crippen molar-refractivity contribution in [1.82, 2.24) is 4.90 Å². The predicted molar refractivity (Wildman–Crippen MR) is 51.2 cm³/mol. The van der Waals surface area contributed by atoms with E-state index in [4.69, 9.17) is 10.00 Å². The Kier molecular flexibility index (Phi) is 4.20. The zero-order chi connectivity index (χ0) is 9.68. The number of rotatable bonds is 3. The summed E-state index contributed by atoms with van der Waals surface area (Å²) in [5, 5.41) is 8.71. The minimum atomic E-state index is 0.411. The summed E-state index contributed by atoms with van der Waals surface area (Å²) in [4.78, 5) is 2.17. The number of nitriles is 1. The van der Waals surface area contributed by atoms with Crippen LogP contribution >= 0.6 is 0 Å². The van der Waals surface area contributed by atoms with Gasteiger partial charge in [0.1, 0.15) is 0 Å². The van der Waals surface area contributed by atoms with Crippen LogP contribution in [0, 0.1) is 17.2 Å². The average molecular weight is 182 g/mol. The Hall–Kier alpha value is -0.590. The molecule has 0 bridgehead atoms. The summed E-state index contributed by atoms with van der Waals surface area (Å²) in [6.45, 7) is 1.72. The highest BCUT2D eigenvalue weighted by Gasteiger charge is 2.25. The highest BCUT2D eigenvalue weighted by atomic mass is 16.5. The summed E-state index contributed by atoms with van der Waals surface area (Å²) in [7, 11) is 4.11. The first-order valence-electron chi connectivity index (χ1n) is 4.87. The molecule has 13 heavy (non-hydrogen) atoms.